The second kappa shape index (κ2) is 8.45. The van der Waals surface area contributed by atoms with Crippen LogP contribution in [0.25, 0.3) is 5.69 Å². The molecule has 0 saturated carbocycles. The van der Waals surface area contributed by atoms with E-state index in [0.29, 0.717) is 13.0 Å². The Morgan fingerprint density at radius 3 is 2.38 bits per heavy atom. The number of amides is 1. The molecule has 0 bridgehead atoms. The van der Waals surface area contributed by atoms with Crippen LogP contribution in [0.4, 0.5) is 0 Å². The van der Waals surface area contributed by atoms with E-state index in [1.807, 2.05) is 68.8 Å². The van der Waals surface area contributed by atoms with Crippen molar-refractivity contribution in [3.8, 4) is 5.69 Å². The van der Waals surface area contributed by atoms with Gasteiger partial charge in [0.25, 0.3) is 0 Å². The minimum atomic E-state index is 0.000364. The Balaban J connectivity index is 1.58. The molecular formula is C21H24N4O. The number of carbonyl (C=O) groups excluding carboxylic acids is 1. The SMILES string of the molecule is CN(C)C(CNC(=O)Cc1cnn(-c2ccccc2)c1)c1ccccc1. The topological polar surface area (TPSA) is 50.2 Å². The molecule has 0 aliphatic carbocycles. The first-order valence-corrected chi connectivity index (χ1v) is 8.70. The number of nitrogens with zero attached hydrogens (tertiary/aromatic N) is 3. The Morgan fingerprint density at radius 2 is 1.73 bits per heavy atom. The molecule has 1 N–H and O–H groups in total. The third-order valence-corrected chi connectivity index (χ3v) is 4.32. The maximum Gasteiger partial charge on any atom is 0.224 e. The lowest BCUT2D eigenvalue weighted by molar-refractivity contribution is -0.120. The second-order valence-corrected chi connectivity index (χ2v) is 6.50. The zero-order valence-corrected chi connectivity index (χ0v) is 15.2. The van der Waals surface area contributed by atoms with Gasteiger partial charge in [0.05, 0.1) is 24.3 Å². The Morgan fingerprint density at radius 1 is 1.08 bits per heavy atom. The molecule has 1 unspecified atom stereocenters. The van der Waals surface area contributed by atoms with Gasteiger partial charge in [0.15, 0.2) is 0 Å². The van der Waals surface area contributed by atoms with E-state index >= 15 is 0 Å². The molecular weight excluding hydrogens is 324 g/mol. The van der Waals surface area contributed by atoms with E-state index in [-0.39, 0.29) is 11.9 Å². The van der Waals surface area contributed by atoms with Crippen LogP contribution in [0, 0.1) is 0 Å². The monoisotopic (exact) mass is 348 g/mol. The fourth-order valence-corrected chi connectivity index (χ4v) is 2.91. The molecule has 1 amide bonds. The summed E-state index contributed by atoms with van der Waals surface area (Å²) in [5, 5.41) is 7.38. The van der Waals surface area contributed by atoms with Gasteiger partial charge in [0.2, 0.25) is 5.91 Å². The van der Waals surface area contributed by atoms with Crippen LogP contribution in [0.3, 0.4) is 0 Å². The van der Waals surface area contributed by atoms with Crippen LogP contribution < -0.4 is 5.32 Å². The lowest BCUT2D eigenvalue weighted by atomic mass is 10.1. The van der Waals surface area contributed by atoms with Gasteiger partial charge in [0.1, 0.15) is 0 Å². The predicted molar refractivity (Wildman–Crippen MR) is 103 cm³/mol. The maximum atomic E-state index is 12.3. The number of benzene rings is 2. The molecule has 0 saturated heterocycles. The molecule has 3 rings (SSSR count). The highest BCUT2D eigenvalue weighted by atomic mass is 16.1. The van der Waals surface area contributed by atoms with Crippen LogP contribution in [-0.2, 0) is 11.2 Å². The molecule has 0 spiro atoms. The quantitative estimate of drug-likeness (QED) is 0.714. The van der Waals surface area contributed by atoms with Crippen molar-refractivity contribution in [3.05, 3.63) is 84.2 Å². The summed E-state index contributed by atoms with van der Waals surface area (Å²) in [5.41, 5.74) is 3.07. The van der Waals surface area contributed by atoms with Crippen molar-refractivity contribution in [2.24, 2.45) is 0 Å². The zero-order valence-electron chi connectivity index (χ0n) is 15.2. The Hall–Kier alpha value is -2.92. The van der Waals surface area contributed by atoms with Crippen LogP contribution in [0.15, 0.2) is 73.1 Å². The Bertz CT molecular complexity index is 827. The molecule has 0 aliphatic heterocycles. The summed E-state index contributed by atoms with van der Waals surface area (Å²) in [6, 6.07) is 20.2. The van der Waals surface area contributed by atoms with E-state index in [0.717, 1.165) is 11.3 Å². The maximum absolute atomic E-state index is 12.3. The number of likely N-dealkylation sites (N-methyl/N-ethyl adjacent to an activating group) is 1. The van der Waals surface area contributed by atoms with E-state index in [1.165, 1.54) is 5.56 Å². The Labute approximate surface area is 154 Å². The average molecular weight is 348 g/mol. The highest BCUT2D eigenvalue weighted by Crippen LogP contribution is 2.16. The van der Waals surface area contributed by atoms with E-state index < -0.39 is 0 Å². The molecule has 134 valence electrons. The van der Waals surface area contributed by atoms with Crippen molar-refractivity contribution in [2.75, 3.05) is 20.6 Å². The highest BCUT2D eigenvalue weighted by molar-refractivity contribution is 5.78. The summed E-state index contributed by atoms with van der Waals surface area (Å²) in [4.78, 5) is 14.5. The number of rotatable bonds is 7. The summed E-state index contributed by atoms with van der Waals surface area (Å²) in [7, 11) is 4.04. The first-order chi connectivity index (χ1) is 12.6. The smallest absolute Gasteiger partial charge is 0.224 e. The van der Waals surface area contributed by atoms with E-state index in [2.05, 4.69) is 27.4 Å². The average Bonchev–Trinajstić information content (AvgIpc) is 3.11. The van der Waals surface area contributed by atoms with Gasteiger partial charge in [-0.05, 0) is 37.4 Å². The number of para-hydroxylation sites is 1. The zero-order chi connectivity index (χ0) is 18.4. The largest absolute Gasteiger partial charge is 0.354 e. The standard InChI is InChI=1S/C21H24N4O/c1-24(2)20(18-9-5-3-6-10-18)15-22-21(26)13-17-14-23-25(16-17)19-11-7-4-8-12-19/h3-12,14,16,20H,13,15H2,1-2H3,(H,22,26). The van der Waals surface area contributed by atoms with Crippen molar-refractivity contribution in [3.63, 3.8) is 0 Å². The highest BCUT2D eigenvalue weighted by Gasteiger charge is 2.15. The molecule has 1 heterocycles. The van der Waals surface area contributed by atoms with Crippen molar-refractivity contribution in [1.29, 1.82) is 0 Å². The van der Waals surface area contributed by atoms with Gasteiger partial charge in [-0.25, -0.2) is 4.68 Å². The van der Waals surface area contributed by atoms with Gasteiger partial charge in [-0.3, -0.25) is 4.79 Å². The van der Waals surface area contributed by atoms with Crippen molar-refractivity contribution < 1.29 is 4.79 Å². The second-order valence-electron chi connectivity index (χ2n) is 6.50. The van der Waals surface area contributed by atoms with Crippen LogP contribution >= 0.6 is 0 Å². The van der Waals surface area contributed by atoms with Gasteiger partial charge in [0, 0.05) is 12.7 Å². The molecule has 1 atom stereocenters. The number of carbonyl (C=O) groups is 1. The van der Waals surface area contributed by atoms with Gasteiger partial charge in [-0.15, -0.1) is 0 Å². The number of nitrogens with one attached hydrogen (secondary N) is 1. The first kappa shape index (κ1) is 17.9. The fourth-order valence-electron chi connectivity index (χ4n) is 2.91. The molecule has 0 fully saturated rings. The molecule has 1 aromatic heterocycles. The van der Waals surface area contributed by atoms with Crippen molar-refractivity contribution in [2.45, 2.75) is 12.5 Å². The van der Waals surface area contributed by atoms with Gasteiger partial charge >= 0.3 is 0 Å². The number of aromatic nitrogens is 2. The molecule has 5 nitrogen and oxygen atoms in total. The lowest BCUT2D eigenvalue weighted by Crippen LogP contribution is -2.35. The number of hydrogen-bond donors (Lipinski definition) is 1. The molecule has 2 aromatic carbocycles. The summed E-state index contributed by atoms with van der Waals surface area (Å²) < 4.78 is 1.79. The van der Waals surface area contributed by atoms with Crippen LogP contribution in [0.5, 0.6) is 0 Å². The third-order valence-electron chi connectivity index (χ3n) is 4.32. The van der Waals surface area contributed by atoms with E-state index in [1.54, 1.807) is 10.9 Å². The molecule has 0 radical (unpaired) electrons. The van der Waals surface area contributed by atoms with Gasteiger partial charge in [-0.1, -0.05) is 48.5 Å². The predicted octanol–water partition coefficient (Wildman–Crippen LogP) is 2.83. The summed E-state index contributed by atoms with van der Waals surface area (Å²) in [5.74, 6) is 0.000364. The van der Waals surface area contributed by atoms with Gasteiger partial charge in [-0.2, -0.15) is 5.10 Å². The van der Waals surface area contributed by atoms with Crippen LogP contribution in [-0.4, -0.2) is 41.2 Å². The minimum Gasteiger partial charge on any atom is -0.354 e. The van der Waals surface area contributed by atoms with Gasteiger partial charge < -0.3 is 10.2 Å². The molecule has 0 aliphatic rings. The van der Waals surface area contributed by atoms with E-state index in [9.17, 15) is 4.79 Å². The van der Waals surface area contributed by atoms with Crippen LogP contribution in [0.1, 0.15) is 17.2 Å². The van der Waals surface area contributed by atoms with Crippen molar-refractivity contribution in [1.82, 2.24) is 20.0 Å². The van der Waals surface area contributed by atoms with Crippen molar-refractivity contribution >= 4 is 5.91 Å². The lowest BCUT2D eigenvalue weighted by Gasteiger charge is -2.25. The van der Waals surface area contributed by atoms with Crippen LogP contribution in [0.2, 0.25) is 0 Å². The number of hydrogen-bond acceptors (Lipinski definition) is 3. The molecule has 3 aromatic rings. The third kappa shape index (κ3) is 4.58. The minimum absolute atomic E-state index is 0.000364. The Kier molecular flexibility index (Phi) is 5.81. The normalized spacial score (nSPS) is 12.1. The molecule has 5 heteroatoms. The van der Waals surface area contributed by atoms with E-state index in [4.69, 9.17) is 0 Å². The molecule has 26 heavy (non-hydrogen) atoms. The summed E-state index contributed by atoms with van der Waals surface area (Å²) in [6.07, 6.45) is 3.96. The first-order valence-electron chi connectivity index (χ1n) is 8.70. The summed E-state index contributed by atoms with van der Waals surface area (Å²) >= 11 is 0. The fraction of sp³-hybridized carbons (Fsp3) is 0.238. The summed E-state index contributed by atoms with van der Waals surface area (Å²) in [6.45, 7) is 0.572.